The Kier molecular flexibility index (Phi) is 8.08. The van der Waals surface area contributed by atoms with E-state index in [1.807, 2.05) is 20.0 Å². The molecule has 0 saturated heterocycles. The minimum Gasteiger partial charge on any atom is -0.462 e. The van der Waals surface area contributed by atoms with Crippen LogP contribution in [0.5, 0.6) is 0 Å². The first kappa shape index (κ1) is 17.7. The van der Waals surface area contributed by atoms with E-state index in [0.29, 0.717) is 12.2 Å². The van der Waals surface area contributed by atoms with Gasteiger partial charge in [-0.05, 0) is 32.5 Å². The normalized spacial score (nSPS) is 11.1. The molecule has 2 N–H and O–H groups in total. The summed E-state index contributed by atoms with van der Waals surface area (Å²) in [6.07, 6.45) is 2.68. The van der Waals surface area contributed by atoms with Crippen LogP contribution in [-0.2, 0) is 11.2 Å². The Balaban J connectivity index is 2.40. The first-order valence-corrected chi connectivity index (χ1v) is 7.90. The summed E-state index contributed by atoms with van der Waals surface area (Å²) in [5, 5.41) is 3.43. The number of H-pyrrole nitrogens is 1. The van der Waals surface area contributed by atoms with Gasteiger partial charge in [-0.1, -0.05) is 13.8 Å². The van der Waals surface area contributed by atoms with Gasteiger partial charge in [0.15, 0.2) is 0 Å². The van der Waals surface area contributed by atoms with Gasteiger partial charge >= 0.3 is 5.97 Å². The third-order valence-corrected chi connectivity index (χ3v) is 3.69. The zero-order valence-electron chi connectivity index (χ0n) is 13.8. The summed E-state index contributed by atoms with van der Waals surface area (Å²) in [7, 11) is 0. The lowest BCUT2D eigenvalue weighted by Crippen LogP contribution is -2.32. The average molecular weight is 295 g/mol. The van der Waals surface area contributed by atoms with Crippen LogP contribution in [0.4, 0.5) is 0 Å². The number of hydrogen-bond acceptors (Lipinski definition) is 4. The SMILES string of the molecule is CCOC(=O)c1c(C)c[nH]c1CCNCCN(CC)CC. The van der Waals surface area contributed by atoms with Gasteiger partial charge in [0.2, 0.25) is 0 Å². The summed E-state index contributed by atoms with van der Waals surface area (Å²) in [6, 6.07) is 0. The van der Waals surface area contributed by atoms with E-state index in [-0.39, 0.29) is 5.97 Å². The molecule has 0 saturated carbocycles. The number of aromatic amines is 1. The second-order valence-corrected chi connectivity index (χ2v) is 5.07. The predicted molar refractivity (Wildman–Crippen MR) is 85.8 cm³/mol. The molecule has 1 heterocycles. The number of esters is 1. The van der Waals surface area contributed by atoms with Crippen LogP contribution >= 0.6 is 0 Å². The summed E-state index contributed by atoms with van der Waals surface area (Å²) in [4.78, 5) is 17.5. The van der Waals surface area contributed by atoms with Crippen LogP contribution in [0.3, 0.4) is 0 Å². The number of nitrogens with zero attached hydrogens (tertiary/aromatic N) is 1. The van der Waals surface area contributed by atoms with Gasteiger partial charge in [-0.25, -0.2) is 4.79 Å². The maximum absolute atomic E-state index is 11.9. The Hall–Kier alpha value is -1.33. The molecule has 5 nitrogen and oxygen atoms in total. The van der Waals surface area contributed by atoms with E-state index in [1.165, 1.54) is 0 Å². The highest BCUT2D eigenvalue weighted by Crippen LogP contribution is 2.15. The van der Waals surface area contributed by atoms with Gasteiger partial charge in [0, 0.05) is 37.9 Å². The number of nitrogens with one attached hydrogen (secondary N) is 2. The van der Waals surface area contributed by atoms with Gasteiger partial charge in [0.05, 0.1) is 12.2 Å². The molecule has 0 spiro atoms. The Morgan fingerprint density at radius 2 is 2.00 bits per heavy atom. The fourth-order valence-corrected chi connectivity index (χ4v) is 2.38. The molecule has 0 bridgehead atoms. The number of aryl methyl sites for hydroxylation is 1. The number of likely N-dealkylation sites (N-methyl/N-ethyl adjacent to an activating group) is 1. The Morgan fingerprint density at radius 1 is 1.29 bits per heavy atom. The van der Waals surface area contributed by atoms with Crippen LogP contribution in [0, 0.1) is 6.92 Å². The van der Waals surface area contributed by atoms with E-state index in [0.717, 1.165) is 50.4 Å². The molecule has 0 atom stereocenters. The van der Waals surface area contributed by atoms with Crippen molar-refractivity contribution in [3.05, 3.63) is 23.0 Å². The number of aromatic nitrogens is 1. The smallest absolute Gasteiger partial charge is 0.340 e. The van der Waals surface area contributed by atoms with Gasteiger partial charge in [-0.2, -0.15) is 0 Å². The molecular formula is C16H29N3O2. The predicted octanol–water partition coefficient (Wildman–Crippen LogP) is 1.97. The van der Waals surface area contributed by atoms with Gasteiger partial charge in [-0.15, -0.1) is 0 Å². The zero-order chi connectivity index (χ0) is 15.7. The summed E-state index contributed by atoms with van der Waals surface area (Å²) in [5.41, 5.74) is 2.61. The highest BCUT2D eigenvalue weighted by molar-refractivity contribution is 5.92. The second-order valence-electron chi connectivity index (χ2n) is 5.07. The van der Waals surface area contributed by atoms with Gasteiger partial charge < -0.3 is 19.9 Å². The minimum absolute atomic E-state index is 0.227. The molecule has 1 aromatic heterocycles. The Bertz CT molecular complexity index is 425. The lowest BCUT2D eigenvalue weighted by molar-refractivity contribution is 0.0524. The van der Waals surface area contributed by atoms with E-state index >= 15 is 0 Å². The molecule has 1 rings (SSSR count). The molecule has 0 amide bonds. The van der Waals surface area contributed by atoms with Crippen molar-refractivity contribution in [2.24, 2.45) is 0 Å². The van der Waals surface area contributed by atoms with E-state index < -0.39 is 0 Å². The van der Waals surface area contributed by atoms with Crippen LogP contribution in [0.2, 0.25) is 0 Å². The maximum Gasteiger partial charge on any atom is 0.340 e. The minimum atomic E-state index is -0.227. The van der Waals surface area contributed by atoms with E-state index in [2.05, 4.69) is 29.0 Å². The summed E-state index contributed by atoms with van der Waals surface area (Å²) in [6.45, 7) is 13.6. The Labute approximate surface area is 128 Å². The number of ether oxygens (including phenoxy) is 1. The molecule has 0 fully saturated rings. The highest BCUT2D eigenvalue weighted by Gasteiger charge is 2.16. The first-order valence-electron chi connectivity index (χ1n) is 7.90. The van der Waals surface area contributed by atoms with Gasteiger partial charge in [0.25, 0.3) is 0 Å². The summed E-state index contributed by atoms with van der Waals surface area (Å²) in [5.74, 6) is -0.227. The standard InChI is InChI=1S/C16H29N3O2/c1-5-19(6-2)11-10-17-9-8-14-15(13(4)12-18-14)16(20)21-7-3/h12,17-18H,5-11H2,1-4H3. The van der Waals surface area contributed by atoms with Crippen LogP contribution in [0.1, 0.15) is 42.4 Å². The molecule has 0 unspecified atom stereocenters. The van der Waals surface area contributed by atoms with Crippen molar-refractivity contribution in [2.75, 3.05) is 39.3 Å². The maximum atomic E-state index is 11.9. The van der Waals surface area contributed by atoms with Gasteiger partial charge in [-0.3, -0.25) is 0 Å². The number of carbonyl (C=O) groups excluding carboxylic acids is 1. The van der Waals surface area contributed by atoms with Crippen molar-refractivity contribution < 1.29 is 9.53 Å². The molecule has 0 aromatic carbocycles. The van der Waals surface area contributed by atoms with E-state index in [9.17, 15) is 4.79 Å². The largest absolute Gasteiger partial charge is 0.462 e. The van der Waals surface area contributed by atoms with Crippen LogP contribution in [-0.4, -0.2) is 55.2 Å². The Morgan fingerprint density at radius 3 is 2.62 bits per heavy atom. The molecule has 0 aliphatic carbocycles. The monoisotopic (exact) mass is 295 g/mol. The highest BCUT2D eigenvalue weighted by atomic mass is 16.5. The topological polar surface area (TPSA) is 57.4 Å². The number of hydrogen-bond donors (Lipinski definition) is 2. The van der Waals surface area contributed by atoms with E-state index in [4.69, 9.17) is 4.74 Å². The molecule has 0 aliphatic heterocycles. The molecule has 1 aromatic rings. The van der Waals surface area contributed by atoms with Gasteiger partial charge in [0.1, 0.15) is 0 Å². The molecular weight excluding hydrogens is 266 g/mol. The molecule has 21 heavy (non-hydrogen) atoms. The molecule has 5 heteroatoms. The summed E-state index contributed by atoms with van der Waals surface area (Å²) < 4.78 is 5.11. The average Bonchev–Trinajstić information content (AvgIpc) is 2.84. The first-order chi connectivity index (χ1) is 10.1. The number of rotatable bonds is 10. The summed E-state index contributed by atoms with van der Waals surface area (Å²) >= 11 is 0. The van der Waals surface area contributed by atoms with Crippen molar-refractivity contribution in [1.82, 2.24) is 15.2 Å². The molecule has 120 valence electrons. The third-order valence-electron chi connectivity index (χ3n) is 3.69. The lowest BCUT2D eigenvalue weighted by atomic mass is 10.1. The van der Waals surface area contributed by atoms with Crippen LogP contribution in [0.15, 0.2) is 6.20 Å². The van der Waals surface area contributed by atoms with Crippen molar-refractivity contribution >= 4 is 5.97 Å². The van der Waals surface area contributed by atoms with Crippen LogP contribution < -0.4 is 5.32 Å². The van der Waals surface area contributed by atoms with Crippen molar-refractivity contribution in [1.29, 1.82) is 0 Å². The van der Waals surface area contributed by atoms with E-state index in [1.54, 1.807) is 0 Å². The van der Waals surface area contributed by atoms with Crippen molar-refractivity contribution in [3.63, 3.8) is 0 Å². The second kappa shape index (κ2) is 9.58. The van der Waals surface area contributed by atoms with Crippen molar-refractivity contribution in [3.8, 4) is 0 Å². The molecule has 0 radical (unpaired) electrons. The fraction of sp³-hybridized carbons (Fsp3) is 0.688. The quantitative estimate of drug-likeness (QED) is 0.512. The fourth-order valence-electron chi connectivity index (χ4n) is 2.38. The van der Waals surface area contributed by atoms with Crippen molar-refractivity contribution in [2.45, 2.75) is 34.1 Å². The lowest BCUT2D eigenvalue weighted by Gasteiger charge is -2.17. The third kappa shape index (κ3) is 5.52. The zero-order valence-corrected chi connectivity index (χ0v) is 13.8. The molecule has 0 aliphatic rings. The van der Waals surface area contributed by atoms with Crippen LogP contribution in [0.25, 0.3) is 0 Å². The number of carbonyl (C=O) groups is 1.